The minimum atomic E-state index is -0.232. The lowest BCUT2D eigenvalue weighted by Gasteiger charge is -2.10. The Labute approximate surface area is 138 Å². The van der Waals surface area contributed by atoms with Gasteiger partial charge < -0.3 is 9.47 Å². The molecule has 0 saturated carbocycles. The number of para-hydroxylation sites is 2. The molecule has 3 aromatic rings. The lowest BCUT2D eigenvalue weighted by molar-refractivity contribution is 0.103. The Balaban J connectivity index is 2.16. The number of methoxy groups -OCH3 is 2. The van der Waals surface area contributed by atoms with Crippen LogP contribution < -0.4 is 9.47 Å². The van der Waals surface area contributed by atoms with Crippen LogP contribution in [0.4, 0.5) is 0 Å². The summed E-state index contributed by atoms with van der Waals surface area (Å²) >= 11 is 6.24. The number of pyridine rings is 1. The first kappa shape index (κ1) is 15.3. The number of carbonyl (C=O) groups excluding carboxylic acids is 1. The van der Waals surface area contributed by atoms with Crippen molar-refractivity contribution in [2.24, 2.45) is 0 Å². The summed E-state index contributed by atoms with van der Waals surface area (Å²) in [7, 11) is 3.09. The maximum absolute atomic E-state index is 12.8. The Bertz CT molecular complexity index is 893. The molecule has 0 amide bonds. The second kappa shape index (κ2) is 6.26. The highest BCUT2D eigenvalue weighted by Gasteiger charge is 2.19. The van der Waals surface area contributed by atoms with Crippen molar-refractivity contribution in [1.29, 1.82) is 0 Å². The van der Waals surface area contributed by atoms with Gasteiger partial charge in [-0.05, 0) is 24.3 Å². The van der Waals surface area contributed by atoms with Crippen LogP contribution in [0.15, 0.2) is 48.5 Å². The van der Waals surface area contributed by atoms with E-state index in [1.165, 1.54) is 7.11 Å². The molecule has 0 unspecified atom stereocenters. The van der Waals surface area contributed by atoms with Crippen molar-refractivity contribution < 1.29 is 14.3 Å². The number of halogens is 1. The molecule has 0 N–H and O–H groups in total. The van der Waals surface area contributed by atoms with Crippen molar-refractivity contribution in [1.82, 2.24) is 4.98 Å². The summed E-state index contributed by atoms with van der Waals surface area (Å²) in [6.45, 7) is 0. The largest absolute Gasteiger partial charge is 0.496 e. The Morgan fingerprint density at radius 1 is 0.957 bits per heavy atom. The van der Waals surface area contributed by atoms with Crippen LogP contribution in [0.25, 0.3) is 10.9 Å². The second-order valence-electron chi connectivity index (χ2n) is 4.89. The Kier molecular flexibility index (Phi) is 4.17. The van der Waals surface area contributed by atoms with E-state index >= 15 is 0 Å². The summed E-state index contributed by atoms with van der Waals surface area (Å²) in [5, 5.41) is 0.921. The molecule has 0 radical (unpaired) electrons. The van der Waals surface area contributed by atoms with Gasteiger partial charge in [0.15, 0.2) is 5.78 Å². The molecule has 3 rings (SSSR count). The first-order valence-corrected chi connectivity index (χ1v) is 7.34. The van der Waals surface area contributed by atoms with Crippen molar-refractivity contribution in [2.45, 2.75) is 0 Å². The van der Waals surface area contributed by atoms with Gasteiger partial charge in [0.25, 0.3) is 0 Å². The zero-order chi connectivity index (χ0) is 16.4. The molecule has 23 heavy (non-hydrogen) atoms. The van der Waals surface area contributed by atoms with E-state index in [2.05, 4.69) is 4.98 Å². The van der Waals surface area contributed by atoms with Crippen LogP contribution in [0.1, 0.15) is 15.9 Å². The molecule has 0 atom stereocenters. The second-order valence-corrected chi connectivity index (χ2v) is 5.25. The van der Waals surface area contributed by atoms with Gasteiger partial charge in [0.2, 0.25) is 0 Å². The zero-order valence-electron chi connectivity index (χ0n) is 12.7. The van der Waals surface area contributed by atoms with Crippen LogP contribution >= 0.6 is 11.6 Å². The molecule has 0 saturated heterocycles. The van der Waals surface area contributed by atoms with Crippen molar-refractivity contribution >= 4 is 28.3 Å². The number of aromatic nitrogens is 1. The molecule has 116 valence electrons. The first-order valence-electron chi connectivity index (χ1n) is 6.96. The molecular formula is C18H14ClNO3. The molecule has 4 nitrogen and oxygen atoms in total. The van der Waals surface area contributed by atoms with Gasteiger partial charge in [0.05, 0.1) is 25.3 Å². The molecule has 0 fully saturated rings. The van der Waals surface area contributed by atoms with Crippen molar-refractivity contribution in [3.05, 3.63) is 64.8 Å². The van der Waals surface area contributed by atoms with Crippen molar-refractivity contribution in [2.75, 3.05) is 14.2 Å². The highest BCUT2D eigenvalue weighted by molar-refractivity contribution is 6.34. The molecule has 0 bridgehead atoms. The van der Waals surface area contributed by atoms with Gasteiger partial charge in [-0.25, -0.2) is 4.98 Å². The lowest BCUT2D eigenvalue weighted by atomic mass is 10.0. The van der Waals surface area contributed by atoms with E-state index in [0.29, 0.717) is 28.1 Å². The number of hydrogen-bond acceptors (Lipinski definition) is 4. The number of ketones is 1. The third kappa shape index (κ3) is 2.73. The van der Waals surface area contributed by atoms with Gasteiger partial charge >= 0.3 is 0 Å². The summed E-state index contributed by atoms with van der Waals surface area (Å²) in [4.78, 5) is 17.1. The van der Waals surface area contributed by atoms with E-state index in [1.807, 2.05) is 12.1 Å². The quantitative estimate of drug-likeness (QED) is 0.534. The molecule has 5 heteroatoms. The molecule has 0 aliphatic rings. The fraction of sp³-hybridized carbons (Fsp3) is 0.111. The number of ether oxygens (including phenoxy) is 2. The predicted octanol–water partition coefficient (Wildman–Crippen LogP) is 4.14. The van der Waals surface area contributed by atoms with E-state index in [0.717, 1.165) is 5.39 Å². The van der Waals surface area contributed by atoms with Gasteiger partial charge in [-0.1, -0.05) is 35.9 Å². The SMILES string of the molecule is COc1ccccc1C(=O)c1cc2cccc(OC)c2nc1Cl. The summed E-state index contributed by atoms with van der Waals surface area (Å²) in [6, 6.07) is 14.2. The molecule has 1 heterocycles. The monoisotopic (exact) mass is 327 g/mol. The van der Waals surface area contributed by atoms with Crippen LogP contribution in [0.2, 0.25) is 5.15 Å². The average Bonchev–Trinajstić information content (AvgIpc) is 2.60. The van der Waals surface area contributed by atoms with E-state index in [9.17, 15) is 4.79 Å². The van der Waals surface area contributed by atoms with Crippen LogP contribution in [0, 0.1) is 0 Å². The number of carbonyl (C=O) groups is 1. The molecule has 1 aromatic heterocycles. The van der Waals surface area contributed by atoms with E-state index in [1.54, 1.807) is 43.5 Å². The maximum atomic E-state index is 12.8. The number of fused-ring (bicyclic) bond motifs is 1. The number of benzene rings is 2. The lowest BCUT2D eigenvalue weighted by Crippen LogP contribution is -2.06. The Hall–Kier alpha value is -2.59. The average molecular weight is 328 g/mol. The number of rotatable bonds is 4. The van der Waals surface area contributed by atoms with Gasteiger partial charge in [-0.15, -0.1) is 0 Å². The standard InChI is InChI=1S/C18H14ClNO3/c1-22-14-8-4-3-7-12(14)17(21)13-10-11-6-5-9-15(23-2)16(11)20-18(13)19/h3-10H,1-2H3. The summed E-state index contributed by atoms with van der Waals surface area (Å²) < 4.78 is 10.5. The smallest absolute Gasteiger partial charge is 0.199 e. The number of hydrogen-bond donors (Lipinski definition) is 0. The normalized spacial score (nSPS) is 10.6. The topological polar surface area (TPSA) is 48.4 Å². The number of nitrogens with zero attached hydrogens (tertiary/aromatic N) is 1. The van der Waals surface area contributed by atoms with E-state index in [4.69, 9.17) is 21.1 Å². The first-order chi connectivity index (χ1) is 11.2. The minimum absolute atomic E-state index is 0.137. The molecule has 2 aromatic carbocycles. The van der Waals surface area contributed by atoms with Crippen LogP contribution in [0.5, 0.6) is 11.5 Å². The van der Waals surface area contributed by atoms with Gasteiger partial charge in [0, 0.05) is 5.39 Å². The Morgan fingerprint density at radius 2 is 1.65 bits per heavy atom. The summed E-state index contributed by atoms with van der Waals surface area (Å²) in [5.41, 5.74) is 1.40. The predicted molar refractivity (Wildman–Crippen MR) is 89.7 cm³/mol. The van der Waals surface area contributed by atoms with Gasteiger partial charge in [-0.2, -0.15) is 0 Å². The highest BCUT2D eigenvalue weighted by atomic mass is 35.5. The summed E-state index contributed by atoms with van der Waals surface area (Å²) in [6.07, 6.45) is 0. The maximum Gasteiger partial charge on any atom is 0.199 e. The van der Waals surface area contributed by atoms with E-state index in [-0.39, 0.29) is 10.9 Å². The third-order valence-corrected chi connectivity index (χ3v) is 3.87. The zero-order valence-corrected chi connectivity index (χ0v) is 13.4. The van der Waals surface area contributed by atoms with Crippen molar-refractivity contribution in [3.8, 4) is 11.5 Å². The summed E-state index contributed by atoms with van der Waals surface area (Å²) in [5.74, 6) is 0.879. The molecule has 0 aliphatic heterocycles. The van der Waals surface area contributed by atoms with Crippen LogP contribution in [0.3, 0.4) is 0 Å². The molecule has 0 aliphatic carbocycles. The van der Waals surface area contributed by atoms with Crippen LogP contribution in [-0.2, 0) is 0 Å². The molecule has 0 spiro atoms. The fourth-order valence-corrected chi connectivity index (χ4v) is 2.68. The van der Waals surface area contributed by atoms with Crippen LogP contribution in [-0.4, -0.2) is 25.0 Å². The third-order valence-electron chi connectivity index (χ3n) is 3.58. The van der Waals surface area contributed by atoms with E-state index < -0.39 is 0 Å². The molecular weight excluding hydrogens is 314 g/mol. The van der Waals surface area contributed by atoms with Gasteiger partial charge in [0.1, 0.15) is 22.2 Å². The van der Waals surface area contributed by atoms with Crippen molar-refractivity contribution in [3.63, 3.8) is 0 Å². The fourth-order valence-electron chi connectivity index (χ4n) is 2.45. The minimum Gasteiger partial charge on any atom is -0.496 e. The highest BCUT2D eigenvalue weighted by Crippen LogP contribution is 2.30. The van der Waals surface area contributed by atoms with Gasteiger partial charge in [-0.3, -0.25) is 4.79 Å². The Morgan fingerprint density at radius 3 is 2.39 bits per heavy atom.